The molecule has 0 spiro atoms. The zero-order valence-corrected chi connectivity index (χ0v) is 10.6. The van der Waals surface area contributed by atoms with Crippen LogP contribution in [0.15, 0.2) is 18.2 Å². The van der Waals surface area contributed by atoms with Gasteiger partial charge in [-0.1, -0.05) is 31.5 Å². The molecule has 0 saturated carbocycles. The van der Waals surface area contributed by atoms with E-state index in [1.54, 1.807) is 6.07 Å². The lowest BCUT2D eigenvalue weighted by Gasteiger charge is -2.19. The lowest BCUT2D eigenvalue weighted by molar-refractivity contribution is -0.146. The number of carboxylic acid groups (broad SMARTS) is 1. The van der Waals surface area contributed by atoms with Crippen molar-refractivity contribution < 1.29 is 15.0 Å². The minimum absolute atomic E-state index is 0.490. The van der Waals surface area contributed by atoms with E-state index in [1.165, 1.54) is 0 Å². The van der Waals surface area contributed by atoms with Crippen molar-refractivity contribution in [3.05, 3.63) is 34.9 Å². The number of carboxylic acids is 1. The molecule has 0 aliphatic carbocycles. The van der Waals surface area contributed by atoms with Crippen LogP contribution in [0.3, 0.4) is 0 Å². The second-order valence-electron chi connectivity index (χ2n) is 4.52. The van der Waals surface area contributed by atoms with Crippen LogP contribution in [-0.4, -0.2) is 16.2 Å². The molecule has 1 rings (SSSR count). The fourth-order valence-corrected chi connectivity index (χ4v) is 1.91. The summed E-state index contributed by atoms with van der Waals surface area (Å²) < 4.78 is 0. The molecule has 3 heteroatoms. The number of benzene rings is 1. The van der Waals surface area contributed by atoms with Crippen LogP contribution < -0.4 is 0 Å². The van der Waals surface area contributed by atoms with E-state index in [9.17, 15) is 9.90 Å². The van der Waals surface area contributed by atoms with Gasteiger partial charge in [-0.2, -0.15) is 0 Å². The Labute approximate surface area is 102 Å². The molecule has 0 bridgehead atoms. The Balaban J connectivity index is 2.96. The van der Waals surface area contributed by atoms with Gasteiger partial charge in [0, 0.05) is 0 Å². The summed E-state index contributed by atoms with van der Waals surface area (Å²) in [5.74, 6) is -1.65. The first-order valence-electron chi connectivity index (χ1n) is 5.95. The van der Waals surface area contributed by atoms with Gasteiger partial charge in [0.25, 0.3) is 0 Å². The van der Waals surface area contributed by atoms with Crippen LogP contribution >= 0.6 is 0 Å². The Morgan fingerprint density at radius 2 is 1.94 bits per heavy atom. The maximum atomic E-state index is 11.1. The highest BCUT2D eigenvalue weighted by atomic mass is 16.4. The fourth-order valence-electron chi connectivity index (χ4n) is 1.91. The smallest absolute Gasteiger partial charge is 0.309 e. The average molecular weight is 236 g/mol. The lowest BCUT2D eigenvalue weighted by Crippen LogP contribution is -2.22. The van der Waals surface area contributed by atoms with E-state index < -0.39 is 18.0 Å². The molecule has 0 aromatic heterocycles. The first-order chi connectivity index (χ1) is 7.97. The fraction of sp³-hybridized carbons (Fsp3) is 0.500. The molecule has 0 aliphatic rings. The van der Waals surface area contributed by atoms with Crippen molar-refractivity contribution in [2.24, 2.45) is 5.92 Å². The van der Waals surface area contributed by atoms with Crippen LogP contribution in [0.2, 0.25) is 0 Å². The number of aryl methyl sites for hydroxylation is 2. The normalized spacial score (nSPS) is 14.4. The minimum Gasteiger partial charge on any atom is -0.481 e. The Morgan fingerprint density at radius 3 is 2.41 bits per heavy atom. The third-order valence-corrected chi connectivity index (χ3v) is 3.17. The van der Waals surface area contributed by atoms with Crippen LogP contribution in [0.4, 0.5) is 0 Å². The van der Waals surface area contributed by atoms with E-state index in [-0.39, 0.29) is 0 Å². The average Bonchev–Trinajstić information content (AvgIpc) is 2.28. The number of aliphatic hydroxyl groups is 1. The van der Waals surface area contributed by atoms with Crippen molar-refractivity contribution >= 4 is 5.97 Å². The molecule has 3 nitrogen and oxygen atoms in total. The molecule has 17 heavy (non-hydrogen) atoms. The molecule has 2 unspecified atom stereocenters. The quantitative estimate of drug-likeness (QED) is 0.826. The number of hydrogen-bond donors (Lipinski definition) is 2. The van der Waals surface area contributed by atoms with Crippen molar-refractivity contribution in [2.45, 2.75) is 39.7 Å². The standard InChI is InChI=1S/C14H20O3/c1-4-5-12(14(16)17)13(15)11-7-6-9(2)10(3)8-11/h6-8,12-13,15H,4-5H2,1-3H3,(H,16,17). The Hall–Kier alpha value is -1.35. The Bertz CT molecular complexity index is 398. The van der Waals surface area contributed by atoms with Crippen LogP contribution in [0.1, 0.15) is 42.6 Å². The van der Waals surface area contributed by atoms with Gasteiger partial charge in [0.1, 0.15) is 0 Å². The van der Waals surface area contributed by atoms with Crippen LogP contribution in [0.5, 0.6) is 0 Å². The maximum absolute atomic E-state index is 11.1. The predicted octanol–water partition coefficient (Wildman–Crippen LogP) is 2.84. The van der Waals surface area contributed by atoms with Gasteiger partial charge in [-0.25, -0.2) is 0 Å². The van der Waals surface area contributed by atoms with Crippen LogP contribution in [0.25, 0.3) is 0 Å². The van der Waals surface area contributed by atoms with Crippen LogP contribution in [0, 0.1) is 19.8 Å². The predicted molar refractivity (Wildman–Crippen MR) is 66.9 cm³/mol. The molecular weight excluding hydrogens is 216 g/mol. The van der Waals surface area contributed by atoms with Crippen molar-refractivity contribution in [1.29, 1.82) is 0 Å². The van der Waals surface area contributed by atoms with E-state index in [1.807, 2.05) is 32.9 Å². The molecule has 0 aliphatic heterocycles. The van der Waals surface area contributed by atoms with E-state index in [2.05, 4.69) is 0 Å². The zero-order valence-electron chi connectivity index (χ0n) is 10.6. The van der Waals surface area contributed by atoms with Crippen LogP contribution in [-0.2, 0) is 4.79 Å². The summed E-state index contributed by atoms with van der Waals surface area (Å²) in [5, 5.41) is 19.2. The molecular formula is C14H20O3. The Morgan fingerprint density at radius 1 is 1.29 bits per heavy atom. The Kier molecular flexibility index (Phi) is 4.70. The molecule has 0 fully saturated rings. The summed E-state index contributed by atoms with van der Waals surface area (Å²) in [6.45, 7) is 5.87. The molecule has 2 N–H and O–H groups in total. The SMILES string of the molecule is CCCC(C(=O)O)C(O)c1ccc(C)c(C)c1. The van der Waals surface area contributed by atoms with Gasteiger partial charge in [-0.3, -0.25) is 4.79 Å². The molecule has 0 heterocycles. The van der Waals surface area contributed by atoms with Gasteiger partial charge in [-0.05, 0) is 37.0 Å². The largest absolute Gasteiger partial charge is 0.481 e. The molecule has 1 aromatic carbocycles. The maximum Gasteiger partial charge on any atom is 0.309 e. The molecule has 94 valence electrons. The number of rotatable bonds is 5. The third kappa shape index (κ3) is 3.30. The number of carbonyl (C=O) groups is 1. The van der Waals surface area contributed by atoms with E-state index in [0.717, 1.165) is 17.5 Å². The topological polar surface area (TPSA) is 57.5 Å². The first kappa shape index (κ1) is 13.7. The van der Waals surface area contributed by atoms with Gasteiger partial charge >= 0.3 is 5.97 Å². The summed E-state index contributed by atoms with van der Waals surface area (Å²) in [5.41, 5.74) is 2.90. The molecule has 0 saturated heterocycles. The highest BCUT2D eigenvalue weighted by Crippen LogP contribution is 2.27. The molecule has 1 aromatic rings. The second-order valence-corrected chi connectivity index (χ2v) is 4.52. The van der Waals surface area contributed by atoms with Crippen molar-refractivity contribution in [2.75, 3.05) is 0 Å². The summed E-state index contributed by atoms with van der Waals surface area (Å²) in [6, 6.07) is 5.59. The lowest BCUT2D eigenvalue weighted by atomic mass is 9.90. The van der Waals surface area contributed by atoms with Gasteiger partial charge in [-0.15, -0.1) is 0 Å². The summed E-state index contributed by atoms with van der Waals surface area (Å²) in [4.78, 5) is 11.1. The molecule has 0 amide bonds. The third-order valence-electron chi connectivity index (χ3n) is 3.17. The van der Waals surface area contributed by atoms with Crippen molar-refractivity contribution in [1.82, 2.24) is 0 Å². The highest BCUT2D eigenvalue weighted by molar-refractivity contribution is 5.71. The van der Waals surface area contributed by atoms with E-state index >= 15 is 0 Å². The zero-order chi connectivity index (χ0) is 13.0. The molecule has 2 atom stereocenters. The second kappa shape index (κ2) is 5.82. The molecule has 0 radical (unpaired) electrons. The number of aliphatic carboxylic acids is 1. The summed E-state index contributed by atoms with van der Waals surface area (Å²) >= 11 is 0. The van der Waals surface area contributed by atoms with Gasteiger partial charge in [0.2, 0.25) is 0 Å². The van der Waals surface area contributed by atoms with Crippen molar-refractivity contribution in [3.63, 3.8) is 0 Å². The van der Waals surface area contributed by atoms with Gasteiger partial charge in [0.15, 0.2) is 0 Å². The number of aliphatic hydroxyl groups excluding tert-OH is 1. The first-order valence-corrected chi connectivity index (χ1v) is 5.95. The minimum atomic E-state index is -0.933. The van der Waals surface area contributed by atoms with E-state index in [0.29, 0.717) is 12.0 Å². The number of hydrogen-bond acceptors (Lipinski definition) is 2. The highest BCUT2D eigenvalue weighted by Gasteiger charge is 2.26. The van der Waals surface area contributed by atoms with Crippen molar-refractivity contribution in [3.8, 4) is 0 Å². The summed E-state index contributed by atoms with van der Waals surface area (Å²) in [6.07, 6.45) is 0.314. The van der Waals surface area contributed by atoms with E-state index in [4.69, 9.17) is 5.11 Å². The van der Waals surface area contributed by atoms with Gasteiger partial charge < -0.3 is 10.2 Å². The van der Waals surface area contributed by atoms with Gasteiger partial charge in [0.05, 0.1) is 12.0 Å². The monoisotopic (exact) mass is 236 g/mol. The summed E-state index contributed by atoms with van der Waals surface area (Å²) in [7, 11) is 0.